The zero-order valence-electron chi connectivity index (χ0n) is 13.0. The molecule has 0 aliphatic rings. The number of carbonyl (C=O) groups excluding carboxylic acids is 1. The summed E-state index contributed by atoms with van der Waals surface area (Å²) in [6.07, 6.45) is -1.08. The topological polar surface area (TPSA) is 75.7 Å². The van der Waals surface area contributed by atoms with E-state index in [2.05, 4.69) is 15.0 Å². The van der Waals surface area contributed by atoms with Gasteiger partial charge in [0.2, 0.25) is 0 Å². The number of H-pyrrole nitrogens is 1. The van der Waals surface area contributed by atoms with Gasteiger partial charge in [0.15, 0.2) is 5.16 Å². The van der Waals surface area contributed by atoms with Crippen molar-refractivity contribution in [3.8, 4) is 0 Å². The summed E-state index contributed by atoms with van der Waals surface area (Å²) in [5.41, 5.74) is 4.87. The minimum atomic E-state index is -2.83. The molecule has 0 radical (unpaired) electrons. The second-order valence-corrected chi connectivity index (χ2v) is 6.34. The standard InChI is InChI=1S/C15H15N3OS.CF2O/c1-10-7-8-16-14(11(10)2)9-20(19)15-17-12-5-3-4-6-13(12)18-15;2-1(3)4/h3-8H,9H2,1-2H3,(H,17,18);. The highest BCUT2D eigenvalue weighted by atomic mass is 32.2. The van der Waals surface area contributed by atoms with Crippen molar-refractivity contribution in [3.05, 3.63) is 53.3 Å². The highest BCUT2D eigenvalue weighted by Gasteiger charge is 2.13. The number of aromatic nitrogens is 3. The molecule has 5 nitrogen and oxygen atoms in total. The van der Waals surface area contributed by atoms with Crippen molar-refractivity contribution in [3.63, 3.8) is 0 Å². The molecule has 1 aromatic carbocycles. The molecule has 0 fully saturated rings. The minimum absolute atomic E-state index is 0.382. The lowest BCUT2D eigenvalue weighted by molar-refractivity contribution is 0.199. The maximum atomic E-state index is 12.4. The summed E-state index contributed by atoms with van der Waals surface area (Å²) in [5, 5.41) is 0.508. The van der Waals surface area contributed by atoms with Crippen LogP contribution in [-0.2, 0) is 16.6 Å². The van der Waals surface area contributed by atoms with Crippen LogP contribution in [0.4, 0.5) is 13.6 Å². The Morgan fingerprint density at radius 1 is 1.21 bits per heavy atom. The molecule has 0 spiro atoms. The number of fused-ring (bicyclic) bond motifs is 1. The maximum absolute atomic E-state index is 12.4. The molecule has 24 heavy (non-hydrogen) atoms. The summed E-state index contributed by atoms with van der Waals surface area (Å²) in [4.78, 5) is 19.9. The second kappa shape index (κ2) is 7.87. The molecule has 8 heteroatoms. The number of rotatable bonds is 3. The average Bonchev–Trinajstić information content (AvgIpc) is 2.95. The smallest absolute Gasteiger partial charge is 0.331 e. The summed E-state index contributed by atoms with van der Waals surface area (Å²) in [6.45, 7) is 4.04. The van der Waals surface area contributed by atoms with E-state index in [1.165, 1.54) is 0 Å². The van der Waals surface area contributed by atoms with Crippen LogP contribution in [0.2, 0.25) is 0 Å². The zero-order chi connectivity index (χ0) is 17.7. The van der Waals surface area contributed by atoms with Crippen LogP contribution >= 0.6 is 0 Å². The molecule has 1 atom stereocenters. The van der Waals surface area contributed by atoms with Gasteiger partial charge in [-0.3, -0.25) is 9.19 Å². The normalized spacial score (nSPS) is 11.7. The molecule has 2 heterocycles. The SMILES string of the molecule is Cc1ccnc(CS(=O)c2nc3ccccc3[nH]2)c1C.O=C(F)F. The van der Waals surface area contributed by atoms with Crippen molar-refractivity contribution in [1.29, 1.82) is 0 Å². The first-order chi connectivity index (χ1) is 11.4. The van der Waals surface area contributed by atoms with Crippen LogP contribution in [0.3, 0.4) is 0 Å². The predicted octanol–water partition coefficient (Wildman–Crippen LogP) is 3.93. The van der Waals surface area contributed by atoms with Crippen molar-refractivity contribution in [2.24, 2.45) is 0 Å². The molecule has 126 valence electrons. The van der Waals surface area contributed by atoms with Crippen LogP contribution in [0, 0.1) is 13.8 Å². The number of nitrogens with zero attached hydrogens (tertiary/aromatic N) is 2. The molecule has 0 saturated carbocycles. The summed E-state index contributed by atoms with van der Waals surface area (Å²) in [5.74, 6) is 0.382. The van der Waals surface area contributed by atoms with E-state index in [4.69, 9.17) is 4.79 Å². The van der Waals surface area contributed by atoms with Gasteiger partial charge in [-0.2, -0.15) is 0 Å². The number of hydrogen-bond donors (Lipinski definition) is 1. The number of nitrogens with one attached hydrogen (secondary N) is 1. The monoisotopic (exact) mass is 351 g/mol. The van der Waals surface area contributed by atoms with Crippen molar-refractivity contribution < 1.29 is 17.8 Å². The van der Waals surface area contributed by atoms with Crippen molar-refractivity contribution in [1.82, 2.24) is 15.0 Å². The Morgan fingerprint density at radius 3 is 2.54 bits per heavy atom. The molecule has 0 amide bonds. The van der Waals surface area contributed by atoms with E-state index in [0.29, 0.717) is 10.9 Å². The number of aryl methyl sites for hydroxylation is 1. The predicted molar refractivity (Wildman–Crippen MR) is 87.5 cm³/mol. The van der Waals surface area contributed by atoms with Gasteiger partial charge in [-0.1, -0.05) is 12.1 Å². The molecule has 1 N–H and O–H groups in total. The van der Waals surface area contributed by atoms with Gasteiger partial charge in [0.25, 0.3) is 0 Å². The van der Waals surface area contributed by atoms with E-state index >= 15 is 0 Å². The number of halogens is 2. The lowest BCUT2D eigenvalue weighted by Gasteiger charge is -2.05. The number of pyridine rings is 1. The second-order valence-electron chi connectivity index (χ2n) is 4.97. The zero-order valence-corrected chi connectivity index (χ0v) is 13.9. The first-order valence-electron chi connectivity index (χ1n) is 6.97. The van der Waals surface area contributed by atoms with Gasteiger partial charge in [-0.15, -0.1) is 8.78 Å². The van der Waals surface area contributed by atoms with Crippen LogP contribution in [0.25, 0.3) is 11.0 Å². The first kappa shape index (κ1) is 17.9. The van der Waals surface area contributed by atoms with Crippen LogP contribution in [0.1, 0.15) is 16.8 Å². The van der Waals surface area contributed by atoms with Crippen molar-refractivity contribution in [2.45, 2.75) is 24.8 Å². The van der Waals surface area contributed by atoms with Gasteiger partial charge in [0.05, 0.1) is 33.3 Å². The summed E-state index contributed by atoms with van der Waals surface area (Å²) in [6, 6.07) is 9.65. The molecule has 0 aliphatic carbocycles. The fraction of sp³-hybridized carbons (Fsp3) is 0.188. The number of aromatic amines is 1. The molecule has 2 aromatic heterocycles. The third kappa shape index (κ3) is 4.51. The lowest BCUT2D eigenvalue weighted by Crippen LogP contribution is -2.03. The van der Waals surface area contributed by atoms with Gasteiger partial charge in [-0.25, -0.2) is 9.78 Å². The lowest BCUT2D eigenvalue weighted by atomic mass is 10.1. The Kier molecular flexibility index (Phi) is 5.86. The molecule has 0 aliphatic heterocycles. The van der Waals surface area contributed by atoms with Gasteiger partial charge < -0.3 is 4.98 Å². The van der Waals surface area contributed by atoms with E-state index in [0.717, 1.165) is 27.9 Å². The van der Waals surface area contributed by atoms with Gasteiger partial charge >= 0.3 is 6.29 Å². The van der Waals surface area contributed by atoms with E-state index in [1.54, 1.807) is 6.20 Å². The van der Waals surface area contributed by atoms with Crippen LogP contribution in [0.15, 0.2) is 41.7 Å². The van der Waals surface area contributed by atoms with E-state index in [-0.39, 0.29) is 0 Å². The first-order valence-corrected chi connectivity index (χ1v) is 8.29. The number of hydrogen-bond acceptors (Lipinski definition) is 4. The molecular weight excluding hydrogens is 336 g/mol. The Bertz CT molecular complexity index is 859. The third-order valence-electron chi connectivity index (χ3n) is 3.43. The van der Waals surface area contributed by atoms with Crippen LogP contribution < -0.4 is 0 Å². The Morgan fingerprint density at radius 2 is 1.88 bits per heavy atom. The quantitative estimate of drug-likeness (QED) is 0.726. The van der Waals surface area contributed by atoms with Gasteiger partial charge in [0, 0.05) is 6.20 Å². The molecule has 0 bridgehead atoms. The summed E-state index contributed by atoms with van der Waals surface area (Å²) >= 11 is 0. The number of para-hydroxylation sites is 2. The highest BCUT2D eigenvalue weighted by Crippen LogP contribution is 2.17. The Labute approximate surface area is 139 Å². The van der Waals surface area contributed by atoms with Crippen molar-refractivity contribution >= 4 is 28.1 Å². The number of benzene rings is 1. The molecule has 3 aromatic rings. The Balaban J connectivity index is 0.000000471. The van der Waals surface area contributed by atoms with Gasteiger partial charge in [-0.05, 0) is 43.2 Å². The Hall–Kier alpha value is -2.48. The van der Waals surface area contributed by atoms with E-state index in [1.807, 2.05) is 44.2 Å². The molecular formula is C16H15F2N3O2S. The summed E-state index contributed by atoms with van der Waals surface area (Å²) in [7, 11) is -1.21. The van der Waals surface area contributed by atoms with Gasteiger partial charge in [0.1, 0.15) is 0 Å². The third-order valence-corrected chi connectivity index (χ3v) is 4.59. The minimum Gasteiger partial charge on any atom is -0.331 e. The fourth-order valence-corrected chi connectivity index (χ4v) is 3.16. The molecule has 0 saturated heterocycles. The molecule has 1 unspecified atom stereocenters. The van der Waals surface area contributed by atoms with Crippen molar-refractivity contribution in [2.75, 3.05) is 0 Å². The van der Waals surface area contributed by atoms with E-state index < -0.39 is 17.1 Å². The summed E-state index contributed by atoms with van der Waals surface area (Å²) < 4.78 is 31.8. The highest BCUT2D eigenvalue weighted by molar-refractivity contribution is 7.84. The van der Waals surface area contributed by atoms with E-state index in [9.17, 15) is 13.0 Å². The fourth-order valence-electron chi connectivity index (χ4n) is 2.06. The largest absolute Gasteiger partial charge is 0.483 e. The van der Waals surface area contributed by atoms with Crippen LogP contribution in [-0.4, -0.2) is 25.5 Å². The number of carbonyl (C=O) groups is 1. The maximum Gasteiger partial charge on any atom is 0.483 e. The number of imidazole rings is 1. The average molecular weight is 351 g/mol. The molecule has 3 rings (SSSR count). The van der Waals surface area contributed by atoms with Crippen LogP contribution in [0.5, 0.6) is 0 Å².